The highest BCUT2D eigenvalue weighted by Crippen LogP contribution is 2.51. The Hall–Kier alpha value is -4.69. The molecule has 2 aliphatic carbocycles. The minimum absolute atomic E-state index is 0.0566. The van der Waals surface area contributed by atoms with Crippen molar-refractivity contribution in [3.05, 3.63) is 113 Å². The van der Waals surface area contributed by atoms with E-state index in [4.69, 9.17) is 5.73 Å². The molecule has 2 heteroatoms. The average Bonchev–Trinajstić information content (AvgIpc) is 2.92. The number of carbonyl (C=O) groups is 1. The molecule has 0 fully saturated rings. The molecule has 0 unspecified atom stereocenters. The van der Waals surface area contributed by atoms with E-state index >= 15 is 0 Å². The molecule has 2 aliphatic rings. The van der Waals surface area contributed by atoms with Crippen LogP contribution in [0.15, 0.2) is 91.0 Å². The zero-order valence-electron chi connectivity index (χ0n) is 19.4. The lowest BCUT2D eigenvalue weighted by molar-refractivity contribution is 0.104. The maximum absolute atomic E-state index is 13.6. The summed E-state index contributed by atoms with van der Waals surface area (Å²) in [6, 6.07) is 32.2. The van der Waals surface area contributed by atoms with Gasteiger partial charge in [-0.15, -0.1) is 0 Å². The van der Waals surface area contributed by atoms with Crippen molar-refractivity contribution >= 4 is 54.6 Å². The van der Waals surface area contributed by atoms with Gasteiger partial charge in [0.05, 0.1) is 0 Å². The molecule has 0 amide bonds. The predicted molar refractivity (Wildman–Crippen MR) is 149 cm³/mol. The Morgan fingerprint density at radius 1 is 0.472 bits per heavy atom. The van der Waals surface area contributed by atoms with Crippen LogP contribution in [0.4, 0.5) is 5.69 Å². The quantitative estimate of drug-likeness (QED) is 0.142. The van der Waals surface area contributed by atoms with Crippen molar-refractivity contribution in [2.45, 2.75) is 6.42 Å². The molecule has 0 aromatic heterocycles. The van der Waals surface area contributed by atoms with Crippen molar-refractivity contribution in [1.82, 2.24) is 0 Å². The van der Waals surface area contributed by atoms with Crippen LogP contribution in [0.3, 0.4) is 0 Å². The van der Waals surface area contributed by atoms with Gasteiger partial charge in [0.25, 0.3) is 0 Å². The van der Waals surface area contributed by atoms with Crippen LogP contribution in [-0.2, 0) is 6.42 Å². The molecule has 0 saturated carbocycles. The minimum Gasteiger partial charge on any atom is -0.398 e. The van der Waals surface area contributed by atoms with Gasteiger partial charge in [-0.3, -0.25) is 4.79 Å². The smallest absolute Gasteiger partial charge is 0.194 e. The first kappa shape index (κ1) is 18.6. The first-order valence-electron chi connectivity index (χ1n) is 12.4. The van der Waals surface area contributed by atoms with E-state index in [1.54, 1.807) is 0 Å². The molecular weight excluding hydrogens is 438 g/mol. The summed E-state index contributed by atoms with van der Waals surface area (Å²) >= 11 is 0. The number of anilines is 1. The molecule has 0 heterocycles. The number of hydrogen-bond donors (Lipinski definition) is 1. The Kier molecular flexibility index (Phi) is 3.16. The van der Waals surface area contributed by atoms with Crippen LogP contribution in [-0.4, -0.2) is 5.78 Å². The number of hydrogen-bond acceptors (Lipinski definition) is 2. The van der Waals surface area contributed by atoms with E-state index in [1.807, 2.05) is 24.3 Å². The summed E-state index contributed by atoms with van der Waals surface area (Å²) in [5.41, 5.74) is 15.9. The summed E-state index contributed by atoms with van der Waals surface area (Å²) in [5, 5.41) is 9.80. The van der Waals surface area contributed by atoms with Gasteiger partial charge in [-0.2, -0.15) is 0 Å². The molecule has 0 saturated heterocycles. The van der Waals surface area contributed by atoms with Crippen molar-refractivity contribution in [3.63, 3.8) is 0 Å². The van der Waals surface area contributed by atoms with E-state index in [0.29, 0.717) is 11.3 Å². The maximum Gasteiger partial charge on any atom is 0.194 e. The van der Waals surface area contributed by atoms with Crippen LogP contribution in [0.1, 0.15) is 27.0 Å². The highest BCUT2D eigenvalue weighted by molar-refractivity contribution is 6.39. The van der Waals surface area contributed by atoms with Gasteiger partial charge in [-0.25, -0.2) is 0 Å². The molecule has 2 N–H and O–H groups in total. The lowest BCUT2D eigenvalue weighted by Gasteiger charge is -2.26. The van der Waals surface area contributed by atoms with Gasteiger partial charge >= 0.3 is 0 Å². The molecule has 7 aromatic rings. The predicted octanol–water partition coefficient (Wildman–Crippen LogP) is 8.10. The second-order valence-corrected chi connectivity index (χ2v) is 10.2. The highest BCUT2D eigenvalue weighted by atomic mass is 16.1. The molecule has 0 spiro atoms. The summed E-state index contributed by atoms with van der Waals surface area (Å²) in [4.78, 5) is 13.6. The zero-order valence-corrected chi connectivity index (χ0v) is 19.4. The molecule has 36 heavy (non-hydrogen) atoms. The monoisotopic (exact) mass is 457 g/mol. The van der Waals surface area contributed by atoms with E-state index in [0.717, 1.165) is 28.5 Å². The fourth-order valence-corrected chi connectivity index (χ4v) is 7.08. The van der Waals surface area contributed by atoms with Gasteiger partial charge < -0.3 is 5.73 Å². The molecule has 0 aliphatic heterocycles. The van der Waals surface area contributed by atoms with Crippen molar-refractivity contribution < 1.29 is 4.79 Å². The molecule has 0 radical (unpaired) electrons. The fourth-order valence-electron chi connectivity index (χ4n) is 7.08. The second kappa shape index (κ2) is 6.10. The largest absolute Gasteiger partial charge is 0.398 e. The number of nitrogens with two attached hydrogens (primary N) is 1. The fraction of sp³-hybridized carbons (Fsp3) is 0.0294. The van der Waals surface area contributed by atoms with Gasteiger partial charge in [-0.05, 0) is 84.1 Å². The molecule has 7 aromatic carbocycles. The normalized spacial score (nSPS) is 13.6. The summed E-state index contributed by atoms with van der Waals surface area (Å²) in [6.07, 6.45) is 0.952. The lowest BCUT2D eigenvalue weighted by Crippen LogP contribution is -2.12. The van der Waals surface area contributed by atoms with Gasteiger partial charge in [0.15, 0.2) is 5.78 Å². The summed E-state index contributed by atoms with van der Waals surface area (Å²) in [5.74, 6) is 0.0566. The Balaban J connectivity index is 1.52. The molecular formula is C34H19NO. The number of fused-ring (bicyclic) bond motifs is 6. The van der Waals surface area contributed by atoms with Gasteiger partial charge in [0, 0.05) is 27.8 Å². The number of ketones is 1. The molecule has 0 atom stereocenters. The first-order valence-corrected chi connectivity index (χ1v) is 12.4. The van der Waals surface area contributed by atoms with Crippen molar-refractivity contribution in [2.75, 3.05) is 5.73 Å². The number of nitrogen functional groups attached to an aromatic ring is 1. The summed E-state index contributed by atoms with van der Waals surface area (Å²) in [6.45, 7) is 0. The van der Waals surface area contributed by atoms with Gasteiger partial charge in [-0.1, -0.05) is 78.9 Å². The van der Waals surface area contributed by atoms with Crippen molar-refractivity contribution in [3.8, 4) is 22.3 Å². The maximum atomic E-state index is 13.6. The Morgan fingerprint density at radius 2 is 1.11 bits per heavy atom. The van der Waals surface area contributed by atoms with Crippen LogP contribution in [0, 0.1) is 0 Å². The van der Waals surface area contributed by atoms with E-state index in [-0.39, 0.29) is 5.78 Å². The zero-order chi connectivity index (χ0) is 23.7. The van der Waals surface area contributed by atoms with Gasteiger partial charge in [0.1, 0.15) is 0 Å². The average molecular weight is 458 g/mol. The molecule has 0 bridgehead atoms. The minimum atomic E-state index is 0.0566. The standard InChI is InChI=1S/C34H19NO/c35-28-7-3-6-26-30(28)25-14-12-23-22-11-10-20-19-5-2-1-4-17(19)16-18-8-9-21(31(22)29(18)20)24-13-15-27(34(26)36)33(25)32(23)24/h1-15H,16,35H2. The molecule has 166 valence electrons. The third-order valence-electron chi connectivity index (χ3n) is 8.53. The SMILES string of the molecule is Nc1cccc2c1-c1ccc3c4ccc5c6c(ccc(c7ccc(c1c73)C2=O)c64)Cc1ccccc1-5. The van der Waals surface area contributed by atoms with Crippen molar-refractivity contribution in [2.24, 2.45) is 0 Å². The topological polar surface area (TPSA) is 43.1 Å². The second-order valence-electron chi connectivity index (χ2n) is 10.2. The van der Waals surface area contributed by atoms with E-state index in [1.165, 1.54) is 60.0 Å². The van der Waals surface area contributed by atoms with E-state index < -0.39 is 0 Å². The van der Waals surface area contributed by atoms with Crippen LogP contribution < -0.4 is 5.73 Å². The first-order chi connectivity index (χ1) is 17.7. The Bertz CT molecular complexity index is 2130. The number of benzene rings is 7. The summed E-state index contributed by atoms with van der Waals surface area (Å²) in [7, 11) is 0. The Morgan fingerprint density at radius 3 is 1.92 bits per heavy atom. The van der Waals surface area contributed by atoms with Gasteiger partial charge in [0.2, 0.25) is 0 Å². The number of carbonyl (C=O) groups excluding carboxylic acids is 1. The van der Waals surface area contributed by atoms with E-state index in [9.17, 15) is 4.79 Å². The van der Waals surface area contributed by atoms with E-state index in [2.05, 4.69) is 66.7 Å². The number of rotatable bonds is 0. The Labute approximate surface area is 206 Å². The highest BCUT2D eigenvalue weighted by Gasteiger charge is 2.29. The van der Waals surface area contributed by atoms with Crippen LogP contribution in [0.25, 0.3) is 65.3 Å². The van der Waals surface area contributed by atoms with Crippen LogP contribution in [0.2, 0.25) is 0 Å². The lowest BCUT2D eigenvalue weighted by atomic mass is 9.77. The third-order valence-corrected chi connectivity index (χ3v) is 8.53. The summed E-state index contributed by atoms with van der Waals surface area (Å²) < 4.78 is 0. The van der Waals surface area contributed by atoms with Crippen LogP contribution >= 0.6 is 0 Å². The van der Waals surface area contributed by atoms with Crippen LogP contribution in [0.5, 0.6) is 0 Å². The molecule has 2 nitrogen and oxygen atoms in total. The third kappa shape index (κ3) is 2.00. The van der Waals surface area contributed by atoms with Crippen molar-refractivity contribution in [1.29, 1.82) is 0 Å². The molecule has 9 rings (SSSR count).